The topological polar surface area (TPSA) is 59.9 Å². The summed E-state index contributed by atoms with van der Waals surface area (Å²) < 4.78 is 5.09. The van der Waals surface area contributed by atoms with E-state index in [1.807, 2.05) is 25.1 Å². The van der Waals surface area contributed by atoms with E-state index >= 15 is 0 Å². The lowest BCUT2D eigenvalue weighted by Gasteiger charge is -2.04. The maximum Gasteiger partial charge on any atom is 0.226 e. The van der Waals surface area contributed by atoms with Crippen LogP contribution in [0.4, 0.5) is 5.95 Å². The zero-order valence-electron chi connectivity index (χ0n) is 12.4. The van der Waals surface area contributed by atoms with Gasteiger partial charge in [-0.1, -0.05) is 30.3 Å². The first-order valence-electron chi connectivity index (χ1n) is 6.89. The Labute approximate surface area is 133 Å². The van der Waals surface area contributed by atoms with Gasteiger partial charge < -0.3 is 10.1 Å². The van der Waals surface area contributed by atoms with Gasteiger partial charge in [0.25, 0.3) is 0 Å². The van der Waals surface area contributed by atoms with Crippen molar-refractivity contribution in [3.63, 3.8) is 0 Å². The molecule has 0 aliphatic heterocycles. The largest absolute Gasteiger partial charge is 0.481 e. The zero-order chi connectivity index (χ0) is 15.4. The molecule has 0 aliphatic rings. The number of rotatable bonds is 5. The van der Waals surface area contributed by atoms with Gasteiger partial charge in [-0.15, -0.1) is 11.3 Å². The van der Waals surface area contributed by atoms with Crippen molar-refractivity contribution in [3.8, 4) is 16.5 Å². The molecule has 0 atom stereocenters. The zero-order valence-corrected chi connectivity index (χ0v) is 13.2. The Morgan fingerprint density at radius 2 is 1.95 bits per heavy atom. The van der Waals surface area contributed by atoms with Crippen LogP contribution in [0, 0.1) is 6.92 Å². The molecule has 22 heavy (non-hydrogen) atoms. The summed E-state index contributed by atoms with van der Waals surface area (Å²) in [6, 6.07) is 11.9. The van der Waals surface area contributed by atoms with E-state index in [1.54, 1.807) is 30.7 Å². The molecule has 0 aliphatic carbocycles. The third kappa shape index (κ3) is 3.23. The van der Waals surface area contributed by atoms with E-state index in [1.165, 1.54) is 4.88 Å². The van der Waals surface area contributed by atoms with Gasteiger partial charge in [0.1, 0.15) is 5.01 Å². The minimum absolute atomic E-state index is 0.545. The van der Waals surface area contributed by atoms with E-state index in [2.05, 4.69) is 32.4 Å². The third-order valence-corrected chi connectivity index (χ3v) is 4.37. The van der Waals surface area contributed by atoms with E-state index in [-0.39, 0.29) is 0 Å². The Balaban J connectivity index is 1.74. The van der Waals surface area contributed by atoms with Crippen molar-refractivity contribution in [2.24, 2.45) is 0 Å². The highest BCUT2D eigenvalue weighted by Gasteiger charge is 2.09. The van der Waals surface area contributed by atoms with Crippen LogP contribution in [0.5, 0.6) is 5.88 Å². The number of aromatic nitrogens is 3. The van der Waals surface area contributed by atoms with Gasteiger partial charge in [-0.25, -0.2) is 9.97 Å². The highest BCUT2D eigenvalue weighted by Crippen LogP contribution is 2.28. The fourth-order valence-corrected chi connectivity index (χ4v) is 3.00. The van der Waals surface area contributed by atoms with Crippen molar-refractivity contribution in [1.82, 2.24) is 15.0 Å². The number of methoxy groups -OCH3 is 1. The number of aryl methyl sites for hydroxylation is 1. The van der Waals surface area contributed by atoms with Gasteiger partial charge in [0.05, 0.1) is 19.3 Å². The highest BCUT2D eigenvalue weighted by atomic mass is 32.1. The molecule has 5 nitrogen and oxygen atoms in total. The van der Waals surface area contributed by atoms with Crippen LogP contribution in [0.2, 0.25) is 0 Å². The van der Waals surface area contributed by atoms with Crippen LogP contribution in [-0.4, -0.2) is 22.1 Å². The number of ether oxygens (including phenoxy) is 1. The van der Waals surface area contributed by atoms with Gasteiger partial charge in [-0.3, -0.25) is 0 Å². The Hall–Kier alpha value is -2.47. The molecule has 0 amide bonds. The molecule has 1 N–H and O–H groups in total. The van der Waals surface area contributed by atoms with Crippen LogP contribution >= 0.6 is 11.3 Å². The molecule has 0 spiro atoms. The first-order chi connectivity index (χ1) is 10.8. The van der Waals surface area contributed by atoms with Crippen molar-refractivity contribution >= 4 is 17.3 Å². The lowest BCUT2D eigenvalue weighted by atomic mass is 10.2. The maximum atomic E-state index is 5.09. The lowest BCUT2D eigenvalue weighted by molar-refractivity contribution is 0.397. The number of benzene rings is 1. The second kappa shape index (κ2) is 6.53. The summed E-state index contributed by atoms with van der Waals surface area (Å²) in [4.78, 5) is 14.2. The summed E-state index contributed by atoms with van der Waals surface area (Å²) in [5, 5.41) is 4.24. The van der Waals surface area contributed by atoms with Gasteiger partial charge in [0.15, 0.2) is 0 Å². The number of thiazole rings is 1. The van der Waals surface area contributed by atoms with Crippen molar-refractivity contribution in [1.29, 1.82) is 0 Å². The van der Waals surface area contributed by atoms with Gasteiger partial charge in [-0.2, -0.15) is 4.98 Å². The third-order valence-electron chi connectivity index (χ3n) is 3.16. The summed E-state index contributed by atoms with van der Waals surface area (Å²) in [6.07, 6.45) is 1.67. The van der Waals surface area contributed by atoms with E-state index < -0.39 is 0 Å². The number of hydrogen-bond donors (Lipinski definition) is 1. The molecule has 0 fully saturated rings. The van der Waals surface area contributed by atoms with E-state index in [9.17, 15) is 0 Å². The predicted molar refractivity (Wildman–Crippen MR) is 88.2 cm³/mol. The molecule has 0 bridgehead atoms. The minimum atomic E-state index is 0.545. The number of nitrogens with one attached hydrogen (secondary N) is 1. The molecule has 3 rings (SSSR count). The van der Waals surface area contributed by atoms with Crippen molar-refractivity contribution in [2.75, 3.05) is 12.4 Å². The summed E-state index contributed by atoms with van der Waals surface area (Å²) in [6.45, 7) is 2.66. The number of hydrogen-bond acceptors (Lipinski definition) is 6. The smallest absolute Gasteiger partial charge is 0.226 e. The molecule has 1 aromatic carbocycles. The van der Waals surface area contributed by atoms with Crippen molar-refractivity contribution in [3.05, 3.63) is 53.2 Å². The second-order valence-electron chi connectivity index (χ2n) is 4.67. The van der Waals surface area contributed by atoms with E-state index in [0.29, 0.717) is 18.4 Å². The van der Waals surface area contributed by atoms with Crippen LogP contribution in [-0.2, 0) is 6.54 Å². The fraction of sp³-hybridized carbons (Fsp3) is 0.188. The Bertz CT molecular complexity index is 758. The molecule has 6 heteroatoms. The molecule has 0 unspecified atom stereocenters. The van der Waals surface area contributed by atoms with Crippen LogP contribution in [0.3, 0.4) is 0 Å². The number of nitrogens with zero attached hydrogens (tertiary/aromatic N) is 3. The van der Waals surface area contributed by atoms with Crippen LogP contribution in [0.1, 0.15) is 10.6 Å². The van der Waals surface area contributed by atoms with Gasteiger partial charge in [-0.05, 0) is 6.92 Å². The number of anilines is 1. The van der Waals surface area contributed by atoms with Crippen LogP contribution in [0.25, 0.3) is 10.6 Å². The Morgan fingerprint density at radius 3 is 2.73 bits per heavy atom. The molecule has 0 radical (unpaired) electrons. The van der Waals surface area contributed by atoms with Gasteiger partial charge in [0, 0.05) is 22.7 Å². The SMILES string of the molecule is COc1ccnc(NCc2sc(-c3ccccc3)nc2C)n1. The minimum Gasteiger partial charge on any atom is -0.481 e. The fourth-order valence-electron chi connectivity index (χ4n) is 2.00. The van der Waals surface area contributed by atoms with Crippen molar-refractivity contribution < 1.29 is 4.74 Å². The van der Waals surface area contributed by atoms with Crippen LogP contribution in [0.15, 0.2) is 42.6 Å². The summed E-state index contributed by atoms with van der Waals surface area (Å²) in [7, 11) is 1.59. The average molecular weight is 312 g/mol. The molecule has 0 saturated carbocycles. The molecule has 3 aromatic rings. The first kappa shape index (κ1) is 14.5. The van der Waals surface area contributed by atoms with Gasteiger partial charge in [0.2, 0.25) is 11.8 Å². The average Bonchev–Trinajstić information content (AvgIpc) is 2.95. The molecule has 112 valence electrons. The molecular formula is C16H16N4OS. The Kier molecular flexibility index (Phi) is 4.29. The summed E-state index contributed by atoms with van der Waals surface area (Å²) >= 11 is 1.68. The highest BCUT2D eigenvalue weighted by molar-refractivity contribution is 7.15. The molecule has 0 saturated heterocycles. The lowest BCUT2D eigenvalue weighted by Crippen LogP contribution is -2.03. The normalized spacial score (nSPS) is 10.5. The van der Waals surface area contributed by atoms with E-state index in [4.69, 9.17) is 4.74 Å². The molecule has 2 heterocycles. The van der Waals surface area contributed by atoms with Gasteiger partial charge >= 0.3 is 0 Å². The summed E-state index contributed by atoms with van der Waals surface area (Å²) in [5.74, 6) is 1.09. The standard InChI is InChI=1S/C16H16N4OS/c1-11-13(10-18-16-17-9-8-14(20-16)21-2)22-15(19-11)12-6-4-3-5-7-12/h3-9H,10H2,1-2H3,(H,17,18,20). The Morgan fingerprint density at radius 1 is 1.14 bits per heavy atom. The molecule has 2 aromatic heterocycles. The summed E-state index contributed by atoms with van der Waals surface area (Å²) in [5.41, 5.74) is 2.17. The molecular weight excluding hydrogens is 296 g/mol. The quantitative estimate of drug-likeness (QED) is 0.781. The van der Waals surface area contributed by atoms with E-state index in [0.717, 1.165) is 16.3 Å². The monoisotopic (exact) mass is 312 g/mol. The van der Waals surface area contributed by atoms with Crippen molar-refractivity contribution in [2.45, 2.75) is 13.5 Å². The first-order valence-corrected chi connectivity index (χ1v) is 7.70. The maximum absolute atomic E-state index is 5.09. The van der Waals surface area contributed by atoms with Crippen LogP contribution < -0.4 is 10.1 Å². The predicted octanol–water partition coefficient (Wildman–Crippen LogP) is 3.53. The second-order valence-corrected chi connectivity index (χ2v) is 5.75.